The molecule has 0 fully saturated rings. The largest absolute Gasteiger partial charge is 0.291 e. The predicted molar refractivity (Wildman–Crippen MR) is 64.5 cm³/mol. The summed E-state index contributed by atoms with van der Waals surface area (Å²) >= 11 is 3.31. The molecule has 1 aromatic carbocycles. The molecule has 0 radical (unpaired) electrons. The fourth-order valence-electron chi connectivity index (χ4n) is 0.981. The monoisotopic (exact) mass is 274 g/mol. The van der Waals surface area contributed by atoms with Crippen molar-refractivity contribution in [1.82, 2.24) is 0 Å². The van der Waals surface area contributed by atoms with Crippen LogP contribution >= 0.6 is 15.9 Å². The highest BCUT2D eigenvalue weighted by atomic mass is 79.9. The number of hydrogen-bond acceptors (Lipinski definition) is 4. The van der Waals surface area contributed by atoms with E-state index in [2.05, 4.69) is 20.9 Å². The van der Waals surface area contributed by atoms with Gasteiger partial charge in [-0.2, -0.15) is 10.5 Å². The molecule has 1 unspecified atom stereocenters. The second-order valence-electron chi connectivity index (χ2n) is 2.89. The molecule has 1 N–H and O–H groups in total. The number of rotatable bonds is 3. The third-order valence-electron chi connectivity index (χ3n) is 1.74. The molecule has 1 atom stereocenters. The zero-order chi connectivity index (χ0) is 12.0. The lowest BCUT2D eigenvalue weighted by Crippen LogP contribution is -2.13. The molecular formula is C11H7BrN4. The Hall–Kier alpha value is -1.98. The van der Waals surface area contributed by atoms with E-state index in [9.17, 15) is 0 Å². The van der Waals surface area contributed by atoms with Crippen LogP contribution in [0.4, 0.5) is 0 Å². The summed E-state index contributed by atoms with van der Waals surface area (Å²) in [4.78, 5) is 3.87. The molecule has 0 amide bonds. The van der Waals surface area contributed by atoms with Crippen LogP contribution in [0.3, 0.4) is 0 Å². The Morgan fingerprint density at radius 3 is 2.81 bits per heavy atom. The van der Waals surface area contributed by atoms with E-state index in [1.807, 2.05) is 24.3 Å². The first-order valence-electron chi connectivity index (χ1n) is 4.34. The molecule has 1 aromatic rings. The van der Waals surface area contributed by atoms with Crippen molar-refractivity contribution in [2.75, 3.05) is 0 Å². The number of halogens is 1. The first kappa shape index (κ1) is 12.1. The van der Waals surface area contributed by atoms with E-state index in [-0.39, 0.29) is 5.71 Å². The van der Waals surface area contributed by atoms with Crippen LogP contribution in [0.5, 0.6) is 0 Å². The Bertz CT molecular complexity index is 507. The Balaban J connectivity index is 2.85. The van der Waals surface area contributed by atoms with Gasteiger partial charge in [-0.1, -0.05) is 28.1 Å². The molecule has 0 bridgehead atoms. The van der Waals surface area contributed by atoms with Gasteiger partial charge in [0.25, 0.3) is 0 Å². The third kappa shape index (κ3) is 3.30. The molecule has 16 heavy (non-hydrogen) atoms. The van der Waals surface area contributed by atoms with Crippen molar-refractivity contribution in [2.24, 2.45) is 4.99 Å². The van der Waals surface area contributed by atoms with Gasteiger partial charge >= 0.3 is 0 Å². The average molecular weight is 275 g/mol. The van der Waals surface area contributed by atoms with E-state index in [1.165, 1.54) is 6.21 Å². The van der Waals surface area contributed by atoms with Gasteiger partial charge in [0, 0.05) is 10.7 Å². The lowest BCUT2D eigenvalue weighted by molar-refractivity contribution is 1.09. The van der Waals surface area contributed by atoms with Gasteiger partial charge in [0.1, 0.15) is 11.8 Å². The first-order valence-corrected chi connectivity index (χ1v) is 5.13. The number of aliphatic imine (C=N–C) groups is 1. The summed E-state index contributed by atoms with van der Waals surface area (Å²) in [5.74, 6) is 0. The number of benzene rings is 1. The lowest BCUT2D eigenvalue weighted by atomic mass is 10.2. The molecule has 0 aliphatic heterocycles. The highest BCUT2D eigenvalue weighted by Gasteiger charge is 2.09. The minimum Gasteiger partial charge on any atom is -0.291 e. The van der Waals surface area contributed by atoms with Crippen molar-refractivity contribution in [2.45, 2.75) is 6.04 Å². The summed E-state index contributed by atoms with van der Waals surface area (Å²) in [5.41, 5.74) is 0.453. The zero-order valence-electron chi connectivity index (χ0n) is 8.18. The number of hydrogen-bond donors (Lipinski definition) is 1. The fraction of sp³-hybridized carbons (Fsp3) is 0.0909. The summed E-state index contributed by atoms with van der Waals surface area (Å²) < 4.78 is 0.903. The van der Waals surface area contributed by atoms with Gasteiger partial charge < -0.3 is 0 Å². The Labute approximate surface area is 101 Å². The molecule has 0 spiro atoms. The van der Waals surface area contributed by atoms with Gasteiger partial charge in [-0.05, 0) is 17.7 Å². The molecule has 1 rings (SSSR count). The second-order valence-corrected chi connectivity index (χ2v) is 3.81. The van der Waals surface area contributed by atoms with Crippen molar-refractivity contribution in [3.05, 3.63) is 34.3 Å². The molecule has 5 heteroatoms. The molecular weight excluding hydrogens is 268 g/mol. The summed E-state index contributed by atoms with van der Waals surface area (Å²) in [6, 6.07) is 9.71. The highest BCUT2D eigenvalue weighted by Crippen LogP contribution is 2.10. The lowest BCUT2D eigenvalue weighted by Gasteiger charge is -1.98. The van der Waals surface area contributed by atoms with Crippen molar-refractivity contribution >= 4 is 27.9 Å². The quantitative estimate of drug-likeness (QED) is 0.858. The predicted octanol–water partition coefficient (Wildman–Crippen LogP) is 2.30. The number of nitrogens with zero attached hydrogens (tertiary/aromatic N) is 3. The van der Waals surface area contributed by atoms with Gasteiger partial charge in [-0.3, -0.25) is 10.4 Å². The topological polar surface area (TPSA) is 83.8 Å². The maximum Gasteiger partial charge on any atom is 0.187 e. The molecule has 0 heterocycles. The van der Waals surface area contributed by atoms with E-state index in [0.29, 0.717) is 0 Å². The third-order valence-corrected chi connectivity index (χ3v) is 2.23. The van der Waals surface area contributed by atoms with Crippen LogP contribution in [0, 0.1) is 28.1 Å². The minimum atomic E-state index is -1.02. The van der Waals surface area contributed by atoms with Crippen molar-refractivity contribution < 1.29 is 0 Å². The summed E-state index contributed by atoms with van der Waals surface area (Å²) in [5, 5.41) is 24.4. The van der Waals surface area contributed by atoms with E-state index in [0.717, 1.165) is 10.0 Å². The molecule has 78 valence electrons. The Morgan fingerprint density at radius 2 is 2.25 bits per heavy atom. The van der Waals surface area contributed by atoms with E-state index < -0.39 is 6.04 Å². The molecule has 0 saturated carbocycles. The van der Waals surface area contributed by atoms with Crippen molar-refractivity contribution in [3.8, 4) is 12.1 Å². The van der Waals surface area contributed by atoms with Crippen molar-refractivity contribution in [3.63, 3.8) is 0 Å². The maximum absolute atomic E-state index is 8.70. The fourth-order valence-corrected chi connectivity index (χ4v) is 1.40. The van der Waals surface area contributed by atoms with Gasteiger partial charge in [-0.25, -0.2) is 0 Å². The van der Waals surface area contributed by atoms with Gasteiger partial charge in [-0.15, -0.1) is 0 Å². The van der Waals surface area contributed by atoms with Crippen LogP contribution in [-0.4, -0.2) is 18.0 Å². The van der Waals surface area contributed by atoms with Crippen LogP contribution in [0.25, 0.3) is 0 Å². The zero-order valence-corrected chi connectivity index (χ0v) is 9.77. The van der Waals surface area contributed by atoms with Crippen LogP contribution in [0.1, 0.15) is 5.56 Å². The minimum absolute atomic E-state index is 0.353. The molecule has 0 aliphatic rings. The molecule has 4 nitrogen and oxygen atoms in total. The first-order chi connectivity index (χ1) is 7.67. The SMILES string of the molecule is N#CC(=N)C(C#N)N=Cc1cccc(Br)c1. The number of nitrogens with one attached hydrogen (secondary N) is 1. The van der Waals surface area contributed by atoms with Gasteiger partial charge in [0.05, 0.1) is 6.07 Å². The maximum atomic E-state index is 8.70. The van der Waals surface area contributed by atoms with E-state index in [4.69, 9.17) is 15.9 Å². The highest BCUT2D eigenvalue weighted by molar-refractivity contribution is 9.10. The van der Waals surface area contributed by atoms with Crippen LogP contribution in [-0.2, 0) is 0 Å². The molecule has 0 aromatic heterocycles. The van der Waals surface area contributed by atoms with E-state index >= 15 is 0 Å². The van der Waals surface area contributed by atoms with Gasteiger partial charge in [0.2, 0.25) is 0 Å². The summed E-state index contributed by atoms with van der Waals surface area (Å²) in [7, 11) is 0. The van der Waals surface area contributed by atoms with Crippen LogP contribution < -0.4 is 0 Å². The van der Waals surface area contributed by atoms with Crippen LogP contribution in [0.15, 0.2) is 33.7 Å². The van der Waals surface area contributed by atoms with Crippen LogP contribution in [0.2, 0.25) is 0 Å². The summed E-state index contributed by atoms with van der Waals surface area (Å²) in [6.07, 6.45) is 1.48. The Kier molecular flexibility index (Phi) is 4.38. The molecule has 0 aliphatic carbocycles. The summed E-state index contributed by atoms with van der Waals surface area (Å²) in [6.45, 7) is 0. The standard InChI is InChI=1S/C11H7BrN4/c12-9-3-1-2-8(4-9)7-16-11(6-14)10(15)5-13/h1-4,7,11,15H. The van der Waals surface area contributed by atoms with Gasteiger partial charge in [0.15, 0.2) is 6.04 Å². The second kappa shape index (κ2) is 5.79. The van der Waals surface area contributed by atoms with Crippen molar-refractivity contribution in [1.29, 1.82) is 15.9 Å². The average Bonchev–Trinajstić information content (AvgIpc) is 2.29. The Morgan fingerprint density at radius 1 is 1.50 bits per heavy atom. The number of nitriles is 2. The smallest absolute Gasteiger partial charge is 0.187 e. The normalized spacial score (nSPS) is 11.7. The van der Waals surface area contributed by atoms with E-state index in [1.54, 1.807) is 12.1 Å². The molecule has 0 saturated heterocycles.